The van der Waals surface area contributed by atoms with E-state index in [1.807, 2.05) is 12.1 Å². The van der Waals surface area contributed by atoms with Crippen molar-refractivity contribution in [3.05, 3.63) is 59.7 Å². The molecular weight excluding hydrogens is 305 g/mol. The molecule has 0 fully saturated rings. The van der Waals surface area contributed by atoms with E-state index in [0.717, 1.165) is 11.1 Å². The fraction of sp³-hybridized carbons (Fsp3) is 0.333. The van der Waals surface area contributed by atoms with E-state index >= 15 is 0 Å². The highest BCUT2D eigenvalue weighted by Gasteiger charge is 2.32. The van der Waals surface area contributed by atoms with Gasteiger partial charge in [0.15, 0.2) is 0 Å². The molecule has 2 rings (SSSR count). The SMILES string of the molecule is CC(C)(C)C(c1ccc(O)cc1)c1ccc(OC(F)(F)F)cc1. The highest BCUT2D eigenvalue weighted by atomic mass is 19.4. The van der Waals surface area contributed by atoms with E-state index in [1.165, 1.54) is 12.1 Å². The van der Waals surface area contributed by atoms with Crippen molar-refractivity contribution in [2.45, 2.75) is 33.1 Å². The van der Waals surface area contributed by atoms with Gasteiger partial charge in [0.05, 0.1) is 0 Å². The van der Waals surface area contributed by atoms with Crippen LogP contribution in [0.4, 0.5) is 13.2 Å². The molecule has 0 aliphatic rings. The van der Waals surface area contributed by atoms with Gasteiger partial charge in [-0.1, -0.05) is 45.0 Å². The van der Waals surface area contributed by atoms with Crippen molar-refractivity contribution in [1.29, 1.82) is 0 Å². The van der Waals surface area contributed by atoms with Gasteiger partial charge in [0.25, 0.3) is 0 Å². The molecule has 0 radical (unpaired) electrons. The minimum atomic E-state index is -4.69. The second-order valence-corrected chi connectivity index (χ2v) is 6.51. The zero-order chi connectivity index (χ0) is 17.3. The molecule has 0 aliphatic carbocycles. The molecule has 0 heterocycles. The van der Waals surface area contributed by atoms with Crippen molar-refractivity contribution in [2.75, 3.05) is 0 Å². The molecule has 1 N–H and O–H groups in total. The van der Waals surface area contributed by atoms with Gasteiger partial charge in [0, 0.05) is 5.92 Å². The number of rotatable bonds is 3. The molecule has 0 saturated carbocycles. The van der Waals surface area contributed by atoms with Crippen molar-refractivity contribution in [2.24, 2.45) is 5.41 Å². The predicted molar refractivity (Wildman–Crippen MR) is 82.5 cm³/mol. The number of benzene rings is 2. The van der Waals surface area contributed by atoms with Crippen molar-refractivity contribution in [3.8, 4) is 11.5 Å². The topological polar surface area (TPSA) is 29.5 Å². The van der Waals surface area contributed by atoms with Crippen LogP contribution >= 0.6 is 0 Å². The first-order valence-electron chi connectivity index (χ1n) is 7.21. The van der Waals surface area contributed by atoms with Crippen LogP contribution in [0.1, 0.15) is 37.8 Å². The average molecular weight is 324 g/mol. The number of aromatic hydroxyl groups is 1. The lowest BCUT2D eigenvalue weighted by Crippen LogP contribution is -2.20. The molecule has 23 heavy (non-hydrogen) atoms. The fourth-order valence-electron chi connectivity index (χ4n) is 2.72. The number of ether oxygens (including phenoxy) is 1. The highest BCUT2D eigenvalue weighted by molar-refractivity contribution is 5.39. The number of phenols is 1. The summed E-state index contributed by atoms with van der Waals surface area (Å²) in [5.41, 5.74) is 1.72. The maximum Gasteiger partial charge on any atom is 0.573 e. The minimum Gasteiger partial charge on any atom is -0.508 e. The third kappa shape index (κ3) is 4.65. The van der Waals surface area contributed by atoms with Crippen LogP contribution in [0.3, 0.4) is 0 Å². The Bertz CT molecular complexity index is 638. The van der Waals surface area contributed by atoms with E-state index in [4.69, 9.17) is 0 Å². The predicted octanol–water partition coefficient (Wildman–Crippen LogP) is 5.47. The number of halogens is 3. The van der Waals surface area contributed by atoms with Crippen molar-refractivity contribution in [3.63, 3.8) is 0 Å². The lowest BCUT2D eigenvalue weighted by Gasteiger charge is -2.32. The van der Waals surface area contributed by atoms with Gasteiger partial charge in [-0.05, 0) is 40.8 Å². The smallest absolute Gasteiger partial charge is 0.508 e. The van der Waals surface area contributed by atoms with Gasteiger partial charge < -0.3 is 9.84 Å². The van der Waals surface area contributed by atoms with Crippen molar-refractivity contribution >= 4 is 0 Å². The molecule has 1 unspecified atom stereocenters. The molecular formula is C18H19F3O2. The number of alkyl halides is 3. The Morgan fingerprint density at radius 2 is 1.26 bits per heavy atom. The first kappa shape index (κ1) is 17.2. The summed E-state index contributed by atoms with van der Waals surface area (Å²) >= 11 is 0. The number of hydrogen-bond acceptors (Lipinski definition) is 2. The van der Waals surface area contributed by atoms with Gasteiger partial charge in [-0.25, -0.2) is 0 Å². The Kier molecular flexibility index (Phi) is 4.59. The first-order valence-corrected chi connectivity index (χ1v) is 7.21. The molecule has 124 valence electrons. The van der Waals surface area contributed by atoms with Gasteiger partial charge in [0.2, 0.25) is 0 Å². The Balaban J connectivity index is 2.35. The molecule has 2 nitrogen and oxygen atoms in total. The van der Waals surface area contributed by atoms with Gasteiger partial charge in [0.1, 0.15) is 11.5 Å². The number of hydrogen-bond donors (Lipinski definition) is 1. The largest absolute Gasteiger partial charge is 0.573 e. The molecule has 0 spiro atoms. The van der Waals surface area contributed by atoms with E-state index in [1.54, 1.807) is 24.3 Å². The van der Waals surface area contributed by atoms with Crippen LogP contribution in [0.15, 0.2) is 48.5 Å². The van der Waals surface area contributed by atoms with Gasteiger partial charge in [-0.3, -0.25) is 0 Å². The zero-order valence-electron chi connectivity index (χ0n) is 13.2. The van der Waals surface area contributed by atoms with Crippen LogP contribution in [-0.2, 0) is 0 Å². The second kappa shape index (κ2) is 6.14. The fourth-order valence-corrected chi connectivity index (χ4v) is 2.72. The normalized spacial score (nSPS) is 13.7. The zero-order valence-corrected chi connectivity index (χ0v) is 13.2. The Morgan fingerprint density at radius 3 is 1.65 bits per heavy atom. The summed E-state index contributed by atoms with van der Waals surface area (Å²) in [5.74, 6) is -0.0852. The van der Waals surface area contributed by atoms with Gasteiger partial charge >= 0.3 is 6.36 Å². The van der Waals surface area contributed by atoms with Crippen LogP contribution in [0, 0.1) is 5.41 Å². The van der Waals surface area contributed by atoms with E-state index < -0.39 is 6.36 Å². The molecule has 1 atom stereocenters. The molecule has 0 amide bonds. The molecule has 0 aliphatic heterocycles. The molecule has 2 aromatic carbocycles. The third-order valence-corrected chi connectivity index (χ3v) is 3.54. The van der Waals surface area contributed by atoms with E-state index in [-0.39, 0.29) is 22.8 Å². The summed E-state index contributed by atoms with van der Waals surface area (Å²) in [6, 6.07) is 12.8. The summed E-state index contributed by atoms with van der Waals surface area (Å²) in [6.45, 7) is 6.18. The maximum absolute atomic E-state index is 12.2. The van der Waals surface area contributed by atoms with Crippen LogP contribution in [0.5, 0.6) is 11.5 Å². The Hall–Kier alpha value is -2.17. The van der Waals surface area contributed by atoms with E-state index in [2.05, 4.69) is 25.5 Å². The summed E-state index contributed by atoms with van der Waals surface area (Å²) in [4.78, 5) is 0. The molecule has 5 heteroatoms. The quantitative estimate of drug-likeness (QED) is 0.811. The van der Waals surface area contributed by atoms with E-state index in [0.29, 0.717) is 0 Å². The van der Waals surface area contributed by atoms with Crippen LogP contribution < -0.4 is 4.74 Å². The monoisotopic (exact) mass is 324 g/mol. The number of phenolic OH excluding ortho intramolecular Hbond substituents is 1. The van der Waals surface area contributed by atoms with Crippen LogP contribution in [0.25, 0.3) is 0 Å². The Labute approximate surface area is 133 Å². The van der Waals surface area contributed by atoms with Crippen LogP contribution in [0.2, 0.25) is 0 Å². The average Bonchev–Trinajstić information content (AvgIpc) is 2.40. The summed E-state index contributed by atoms with van der Waals surface area (Å²) in [6.07, 6.45) is -4.69. The van der Waals surface area contributed by atoms with Crippen molar-refractivity contribution < 1.29 is 23.0 Å². The molecule has 0 bridgehead atoms. The lowest BCUT2D eigenvalue weighted by molar-refractivity contribution is -0.274. The Morgan fingerprint density at radius 1 is 0.826 bits per heavy atom. The van der Waals surface area contributed by atoms with Gasteiger partial charge in [-0.2, -0.15) is 0 Å². The minimum absolute atomic E-state index is 0.0250. The second-order valence-electron chi connectivity index (χ2n) is 6.51. The maximum atomic E-state index is 12.2. The summed E-state index contributed by atoms with van der Waals surface area (Å²) < 4.78 is 40.7. The standard InChI is InChI=1S/C18H19F3O2/c1-17(2,3)16(12-4-8-14(22)9-5-12)13-6-10-15(11-7-13)23-18(19,20)21/h4-11,16,22H,1-3H3. The molecule has 0 saturated heterocycles. The summed E-state index contributed by atoms with van der Waals surface area (Å²) in [7, 11) is 0. The molecule has 2 aromatic rings. The van der Waals surface area contributed by atoms with Crippen molar-refractivity contribution in [1.82, 2.24) is 0 Å². The lowest BCUT2D eigenvalue weighted by atomic mass is 9.72. The van der Waals surface area contributed by atoms with E-state index in [9.17, 15) is 18.3 Å². The third-order valence-electron chi connectivity index (χ3n) is 3.54. The first-order chi connectivity index (χ1) is 10.6. The molecule has 0 aromatic heterocycles. The van der Waals surface area contributed by atoms with Crippen LogP contribution in [-0.4, -0.2) is 11.5 Å². The summed E-state index contributed by atoms with van der Waals surface area (Å²) in [5, 5.41) is 9.43. The van der Waals surface area contributed by atoms with Gasteiger partial charge in [-0.15, -0.1) is 13.2 Å². The highest BCUT2D eigenvalue weighted by Crippen LogP contribution is 2.41.